The van der Waals surface area contributed by atoms with E-state index in [-0.39, 0.29) is 13.2 Å². The van der Waals surface area contributed by atoms with Gasteiger partial charge in [0.25, 0.3) is 0 Å². The first-order valence-corrected chi connectivity index (χ1v) is 18.6. The number of anilines is 2. The Balaban J connectivity index is 0.00000229. The van der Waals surface area contributed by atoms with Crippen molar-refractivity contribution in [2.45, 2.75) is 33.4 Å². The number of nitrogens with zero attached hydrogens (tertiary/aromatic N) is 2. The Bertz CT molecular complexity index is 2120. The standard InChI is InChI=1S/C47H38N2O4.C2H6/c1-3-25-50-44-19-9-36(10-20-44)38-13-23-46-40(28-38)30-48(32-52-46)42-15-5-34(6-16-42)27-35-7-17-43(18-8-35)49-31-41-29-39(14-24-47(41)53-33-49)37-11-21-45(22-12-37)51-26-4-2;1-2/h1-2,5-24,28-29H,25-27,30-33H2;1-2H3. The molecule has 8 rings (SSSR count). The number of rotatable bonds is 10. The highest BCUT2D eigenvalue weighted by Gasteiger charge is 2.20. The van der Waals surface area contributed by atoms with Crippen LogP contribution in [0.15, 0.2) is 133 Å². The highest BCUT2D eigenvalue weighted by molar-refractivity contribution is 5.68. The predicted octanol–water partition coefficient (Wildman–Crippen LogP) is 10.4. The van der Waals surface area contributed by atoms with Crippen LogP contribution in [0.25, 0.3) is 22.3 Å². The maximum Gasteiger partial charge on any atom is 0.161 e. The van der Waals surface area contributed by atoms with E-state index in [1.165, 1.54) is 11.1 Å². The lowest BCUT2D eigenvalue weighted by Gasteiger charge is -2.31. The summed E-state index contributed by atoms with van der Waals surface area (Å²) in [6.07, 6.45) is 11.5. The van der Waals surface area contributed by atoms with E-state index in [0.717, 1.165) is 87.3 Å². The third kappa shape index (κ3) is 8.73. The molecule has 6 nitrogen and oxygen atoms in total. The van der Waals surface area contributed by atoms with Crippen LogP contribution in [-0.4, -0.2) is 26.7 Å². The smallest absolute Gasteiger partial charge is 0.161 e. The van der Waals surface area contributed by atoms with E-state index < -0.39 is 0 Å². The minimum atomic E-state index is 0.260. The molecule has 0 bridgehead atoms. The third-order valence-corrected chi connectivity index (χ3v) is 9.63. The molecule has 274 valence electrons. The molecule has 2 heterocycles. The largest absolute Gasteiger partial charge is 0.481 e. The molecule has 0 fully saturated rings. The molecular weight excluding hydrogens is 681 g/mol. The number of terminal acetylenes is 2. The van der Waals surface area contributed by atoms with Gasteiger partial charge in [-0.05, 0) is 113 Å². The van der Waals surface area contributed by atoms with Gasteiger partial charge in [-0.1, -0.05) is 86.4 Å². The summed E-state index contributed by atoms with van der Waals surface area (Å²) in [6.45, 7) is 7.09. The Morgan fingerprint density at radius 3 is 1.27 bits per heavy atom. The molecule has 0 amide bonds. The average molecular weight is 725 g/mol. The first kappa shape index (κ1) is 36.6. The second kappa shape index (κ2) is 17.4. The first-order chi connectivity index (χ1) is 27.1. The summed E-state index contributed by atoms with van der Waals surface area (Å²) in [5.74, 6) is 8.39. The normalized spacial score (nSPS) is 12.7. The minimum Gasteiger partial charge on any atom is -0.481 e. The van der Waals surface area contributed by atoms with Crippen LogP contribution < -0.4 is 28.7 Å². The van der Waals surface area contributed by atoms with Crippen LogP contribution in [-0.2, 0) is 19.5 Å². The van der Waals surface area contributed by atoms with E-state index in [2.05, 4.69) is 131 Å². The molecule has 2 aliphatic rings. The molecule has 6 heteroatoms. The van der Waals surface area contributed by atoms with Crippen molar-refractivity contribution in [2.75, 3.05) is 36.5 Å². The van der Waals surface area contributed by atoms with E-state index in [1.54, 1.807) is 0 Å². The first-order valence-electron chi connectivity index (χ1n) is 18.6. The van der Waals surface area contributed by atoms with Crippen LogP contribution in [0.1, 0.15) is 36.1 Å². The van der Waals surface area contributed by atoms with Crippen LogP contribution in [0, 0.1) is 24.7 Å². The monoisotopic (exact) mass is 724 g/mol. The maximum atomic E-state index is 6.16. The van der Waals surface area contributed by atoms with Gasteiger partial charge in [0.2, 0.25) is 0 Å². The van der Waals surface area contributed by atoms with E-state index in [0.29, 0.717) is 13.5 Å². The molecule has 0 saturated carbocycles. The Morgan fingerprint density at radius 1 is 0.509 bits per heavy atom. The Hall–Kier alpha value is -6.76. The van der Waals surface area contributed by atoms with Gasteiger partial charge in [-0.25, -0.2) is 0 Å². The second-order valence-electron chi connectivity index (χ2n) is 13.1. The van der Waals surface area contributed by atoms with Crippen molar-refractivity contribution in [3.8, 4) is 69.9 Å². The fourth-order valence-electron chi connectivity index (χ4n) is 6.80. The number of ether oxygens (including phenoxy) is 4. The molecule has 0 aliphatic carbocycles. The van der Waals surface area contributed by atoms with Gasteiger partial charge in [-0.2, -0.15) is 0 Å². The number of hydrogen-bond donors (Lipinski definition) is 0. The van der Waals surface area contributed by atoms with Crippen molar-refractivity contribution in [1.82, 2.24) is 0 Å². The molecule has 55 heavy (non-hydrogen) atoms. The molecular formula is C49H44N2O4. The Kier molecular flexibility index (Phi) is 11.6. The molecule has 0 atom stereocenters. The van der Waals surface area contributed by atoms with Crippen LogP contribution in [0.3, 0.4) is 0 Å². The molecule has 0 spiro atoms. The maximum absolute atomic E-state index is 6.16. The molecule has 6 aromatic rings. The van der Waals surface area contributed by atoms with Crippen molar-refractivity contribution in [3.05, 3.63) is 156 Å². The van der Waals surface area contributed by atoms with E-state index >= 15 is 0 Å². The van der Waals surface area contributed by atoms with Crippen molar-refractivity contribution in [1.29, 1.82) is 0 Å². The molecule has 0 unspecified atom stereocenters. The zero-order chi connectivity index (χ0) is 38.0. The van der Waals surface area contributed by atoms with Crippen LogP contribution >= 0.6 is 0 Å². The summed E-state index contributed by atoms with van der Waals surface area (Å²) >= 11 is 0. The lowest BCUT2D eigenvalue weighted by atomic mass is 10.0. The van der Waals surface area contributed by atoms with Crippen LogP contribution in [0.2, 0.25) is 0 Å². The fourth-order valence-corrected chi connectivity index (χ4v) is 6.80. The number of benzene rings is 6. The zero-order valence-corrected chi connectivity index (χ0v) is 31.3. The van der Waals surface area contributed by atoms with Gasteiger partial charge < -0.3 is 28.7 Å². The third-order valence-electron chi connectivity index (χ3n) is 9.63. The highest BCUT2D eigenvalue weighted by Crippen LogP contribution is 2.35. The minimum absolute atomic E-state index is 0.260. The summed E-state index contributed by atoms with van der Waals surface area (Å²) in [5.41, 5.74) is 11.6. The van der Waals surface area contributed by atoms with Crippen LogP contribution in [0.5, 0.6) is 23.0 Å². The topological polar surface area (TPSA) is 43.4 Å². The van der Waals surface area contributed by atoms with Gasteiger partial charge in [0, 0.05) is 35.6 Å². The zero-order valence-electron chi connectivity index (χ0n) is 31.3. The van der Waals surface area contributed by atoms with Gasteiger partial charge in [0.15, 0.2) is 13.5 Å². The summed E-state index contributed by atoms with van der Waals surface area (Å²) in [6, 6.07) is 46.4. The predicted molar refractivity (Wildman–Crippen MR) is 223 cm³/mol. The van der Waals surface area contributed by atoms with Gasteiger partial charge in [-0.15, -0.1) is 12.8 Å². The summed E-state index contributed by atoms with van der Waals surface area (Å²) in [5, 5.41) is 0. The molecule has 0 saturated heterocycles. The van der Waals surface area contributed by atoms with E-state index in [4.69, 9.17) is 31.8 Å². The van der Waals surface area contributed by atoms with Gasteiger partial charge in [-0.3, -0.25) is 0 Å². The van der Waals surface area contributed by atoms with E-state index in [1.807, 2.05) is 38.1 Å². The lowest BCUT2D eigenvalue weighted by molar-refractivity contribution is 0.289. The van der Waals surface area contributed by atoms with Crippen molar-refractivity contribution in [2.24, 2.45) is 0 Å². The second-order valence-corrected chi connectivity index (χ2v) is 13.1. The quantitative estimate of drug-likeness (QED) is 0.131. The molecule has 2 aliphatic heterocycles. The number of hydrogen-bond acceptors (Lipinski definition) is 6. The Labute approximate surface area is 324 Å². The number of fused-ring (bicyclic) bond motifs is 2. The van der Waals surface area contributed by atoms with E-state index in [9.17, 15) is 0 Å². The molecule has 0 radical (unpaired) electrons. The van der Waals surface area contributed by atoms with Crippen molar-refractivity contribution in [3.63, 3.8) is 0 Å². The van der Waals surface area contributed by atoms with Crippen molar-refractivity contribution < 1.29 is 18.9 Å². The molecule has 0 aromatic heterocycles. The van der Waals surface area contributed by atoms with Gasteiger partial charge >= 0.3 is 0 Å². The summed E-state index contributed by atoms with van der Waals surface area (Å²) in [7, 11) is 0. The summed E-state index contributed by atoms with van der Waals surface area (Å²) in [4.78, 5) is 4.52. The van der Waals surface area contributed by atoms with Crippen molar-refractivity contribution >= 4 is 11.4 Å². The lowest BCUT2D eigenvalue weighted by Crippen LogP contribution is -2.31. The molecule has 0 N–H and O–H groups in total. The fraction of sp³-hybridized carbons (Fsp3) is 0.184. The summed E-state index contributed by atoms with van der Waals surface area (Å²) < 4.78 is 23.4. The SMILES string of the molecule is C#CCOc1ccc(-c2ccc3c(c2)CN(c2ccc(Cc4ccc(N5COc6ccc(-c7ccc(OCC#C)cc7)cc6C5)cc4)cc2)CO3)cc1.CC. The highest BCUT2D eigenvalue weighted by atomic mass is 16.5. The van der Waals surface area contributed by atoms with Gasteiger partial charge in [0.1, 0.15) is 36.2 Å². The molecule has 6 aromatic carbocycles. The van der Waals surface area contributed by atoms with Gasteiger partial charge in [0.05, 0.1) is 0 Å². The average Bonchev–Trinajstić information content (AvgIpc) is 3.26. The van der Waals surface area contributed by atoms with Crippen LogP contribution in [0.4, 0.5) is 11.4 Å². The Morgan fingerprint density at radius 2 is 0.891 bits per heavy atom.